The van der Waals surface area contributed by atoms with Crippen LogP contribution in [0.5, 0.6) is 0 Å². The van der Waals surface area contributed by atoms with Gasteiger partial charge in [-0.05, 0) is 57.3 Å². The Morgan fingerprint density at radius 2 is 1.88 bits per heavy atom. The fraction of sp³-hybridized carbons (Fsp3) is 0.526. The van der Waals surface area contributed by atoms with E-state index in [1.54, 1.807) is 0 Å². The maximum Gasteiger partial charge on any atom is 0.145 e. The number of aromatic nitrogens is 1. The van der Waals surface area contributed by atoms with Crippen molar-refractivity contribution >= 4 is 35.6 Å². The van der Waals surface area contributed by atoms with Gasteiger partial charge in [0.05, 0.1) is 22.8 Å². The average Bonchev–Trinajstić information content (AvgIpc) is 3.40. The van der Waals surface area contributed by atoms with Gasteiger partial charge in [-0.3, -0.25) is 0 Å². The first-order valence-electron chi connectivity index (χ1n) is 8.99. The number of hydrogen-bond donors (Lipinski definition) is 1. The fourth-order valence-electron chi connectivity index (χ4n) is 3.40. The number of ether oxygens (including phenoxy) is 1. The second-order valence-corrected chi connectivity index (χ2v) is 7.67. The third kappa shape index (κ3) is 4.37. The second-order valence-electron chi connectivity index (χ2n) is 6.86. The smallest absolute Gasteiger partial charge is 0.145 e. The highest BCUT2D eigenvalue weighted by molar-refractivity contribution is 6.39. The molecule has 2 aliphatic rings. The van der Waals surface area contributed by atoms with Crippen LogP contribution in [0.4, 0.5) is 0 Å². The SMILES string of the molecule is Cl.Clc1cccc(Cl)c1-c1noc(C2CC2)c1COC1CCCNCC1. The largest absolute Gasteiger partial charge is 0.373 e. The van der Waals surface area contributed by atoms with Gasteiger partial charge < -0.3 is 14.6 Å². The van der Waals surface area contributed by atoms with Gasteiger partial charge in [-0.15, -0.1) is 12.4 Å². The minimum atomic E-state index is 0. The number of rotatable bonds is 5. The fourth-order valence-corrected chi connectivity index (χ4v) is 3.98. The Kier molecular flexibility index (Phi) is 6.87. The predicted molar refractivity (Wildman–Crippen MR) is 106 cm³/mol. The van der Waals surface area contributed by atoms with E-state index in [4.69, 9.17) is 32.5 Å². The number of nitrogens with one attached hydrogen (secondary N) is 1. The van der Waals surface area contributed by atoms with Gasteiger partial charge in [0, 0.05) is 17.0 Å². The Morgan fingerprint density at radius 1 is 1.12 bits per heavy atom. The monoisotopic (exact) mass is 416 g/mol. The number of hydrogen-bond acceptors (Lipinski definition) is 4. The summed E-state index contributed by atoms with van der Waals surface area (Å²) < 4.78 is 11.9. The van der Waals surface area contributed by atoms with Crippen LogP contribution >= 0.6 is 35.6 Å². The summed E-state index contributed by atoms with van der Waals surface area (Å²) in [5.41, 5.74) is 2.47. The summed E-state index contributed by atoms with van der Waals surface area (Å²) in [6.07, 6.45) is 5.82. The summed E-state index contributed by atoms with van der Waals surface area (Å²) in [6, 6.07) is 5.50. The van der Waals surface area contributed by atoms with Crippen molar-refractivity contribution in [2.75, 3.05) is 13.1 Å². The van der Waals surface area contributed by atoms with E-state index < -0.39 is 0 Å². The number of benzene rings is 1. The molecular formula is C19H23Cl3N2O2. The summed E-state index contributed by atoms with van der Waals surface area (Å²) in [7, 11) is 0. The highest BCUT2D eigenvalue weighted by atomic mass is 35.5. The van der Waals surface area contributed by atoms with Gasteiger partial charge in [0.1, 0.15) is 11.5 Å². The molecule has 0 radical (unpaired) electrons. The normalized spacial score (nSPS) is 20.5. The topological polar surface area (TPSA) is 47.3 Å². The minimum absolute atomic E-state index is 0. The maximum absolute atomic E-state index is 6.40. The van der Waals surface area contributed by atoms with Gasteiger partial charge in [0.25, 0.3) is 0 Å². The number of halogens is 3. The molecule has 1 aromatic heterocycles. The van der Waals surface area contributed by atoms with Gasteiger partial charge in [0.15, 0.2) is 0 Å². The zero-order valence-electron chi connectivity index (χ0n) is 14.5. The van der Waals surface area contributed by atoms with Crippen molar-refractivity contribution in [1.29, 1.82) is 0 Å². The lowest BCUT2D eigenvalue weighted by Crippen LogP contribution is -2.17. The van der Waals surface area contributed by atoms with Crippen LogP contribution in [0.15, 0.2) is 22.7 Å². The van der Waals surface area contributed by atoms with Crippen molar-refractivity contribution in [3.8, 4) is 11.3 Å². The Morgan fingerprint density at radius 3 is 2.62 bits per heavy atom. The van der Waals surface area contributed by atoms with Crippen LogP contribution in [0.1, 0.15) is 49.3 Å². The Hall–Kier alpha value is -0.780. The van der Waals surface area contributed by atoms with Crippen molar-refractivity contribution in [1.82, 2.24) is 10.5 Å². The van der Waals surface area contributed by atoms with Crippen LogP contribution in [0, 0.1) is 0 Å². The molecule has 0 spiro atoms. The zero-order chi connectivity index (χ0) is 17.2. The molecule has 1 saturated heterocycles. The van der Waals surface area contributed by atoms with E-state index in [9.17, 15) is 0 Å². The van der Waals surface area contributed by atoms with Crippen LogP contribution in [0.2, 0.25) is 10.0 Å². The van der Waals surface area contributed by atoms with E-state index >= 15 is 0 Å². The predicted octanol–water partition coefficient (Wildman–Crippen LogP) is 5.61. The van der Waals surface area contributed by atoms with Crippen molar-refractivity contribution in [3.63, 3.8) is 0 Å². The molecule has 26 heavy (non-hydrogen) atoms. The third-order valence-electron chi connectivity index (χ3n) is 4.95. The molecule has 7 heteroatoms. The Labute approximate surface area is 170 Å². The maximum atomic E-state index is 6.40. The van der Waals surface area contributed by atoms with Crippen LogP contribution in [-0.2, 0) is 11.3 Å². The lowest BCUT2D eigenvalue weighted by Gasteiger charge is -2.15. The van der Waals surface area contributed by atoms with E-state index in [2.05, 4.69) is 10.5 Å². The summed E-state index contributed by atoms with van der Waals surface area (Å²) in [4.78, 5) is 0. The van der Waals surface area contributed by atoms with Crippen molar-refractivity contribution in [3.05, 3.63) is 39.6 Å². The Balaban J connectivity index is 0.00000196. The zero-order valence-corrected chi connectivity index (χ0v) is 16.8. The average molecular weight is 418 g/mol. The molecule has 2 heterocycles. The first-order chi connectivity index (χ1) is 12.2. The lowest BCUT2D eigenvalue weighted by atomic mass is 10.0. The first-order valence-corrected chi connectivity index (χ1v) is 9.74. The Bertz CT molecular complexity index is 718. The molecule has 0 amide bonds. The van der Waals surface area contributed by atoms with Gasteiger partial charge in [-0.25, -0.2) is 0 Å². The van der Waals surface area contributed by atoms with Crippen LogP contribution < -0.4 is 5.32 Å². The molecule has 1 aliphatic carbocycles. The summed E-state index contributed by atoms with van der Waals surface area (Å²) in [5.74, 6) is 1.40. The molecule has 4 nitrogen and oxygen atoms in total. The highest BCUT2D eigenvalue weighted by Gasteiger charge is 2.33. The van der Waals surface area contributed by atoms with Gasteiger partial charge in [-0.1, -0.05) is 34.4 Å². The molecule has 1 atom stereocenters. The number of nitrogens with zero attached hydrogens (tertiary/aromatic N) is 1. The highest BCUT2D eigenvalue weighted by Crippen LogP contribution is 2.46. The van der Waals surface area contributed by atoms with Crippen LogP contribution in [0.25, 0.3) is 11.3 Å². The molecule has 1 unspecified atom stereocenters. The molecule has 2 fully saturated rings. The van der Waals surface area contributed by atoms with Crippen LogP contribution in [-0.4, -0.2) is 24.4 Å². The second kappa shape index (κ2) is 8.94. The van der Waals surface area contributed by atoms with E-state index in [1.807, 2.05) is 18.2 Å². The third-order valence-corrected chi connectivity index (χ3v) is 5.58. The van der Waals surface area contributed by atoms with Gasteiger partial charge >= 0.3 is 0 Å². The molecule has 1 N–H and O–H groups in total. The van der Waals surface area contributed by atoms with Crippen LogP contribution in [0.3, 0.4) is 0 Å². The van der Waals surface area contributed by atoms with E-state index in [0.29, 0.717) is 22.6 Å². The molecule has 0 bridgehead atoms. The minimum Gasteiger partial charge on any atom is -0.373 e. The molecule has 142 valence electrons. The molecular weight excluding hydrogens is 395 g/mol. The first kappa shape index (κ1) is 20.0. The summed E-state index contributed by atoms with van der Waals surface area (Å²) in [6.45, 7) is 2.57. The summed E-state index contributed by atoms with van der Waals surface area (Å²) in [5, 5.41) is 8.90. The summed E-state index contributed by atoms with van der Waals surface area (Å²) >= 11 is 12.8. The van der Waals surface area contributed by atoms with Crippen molar-refractivity contribution in [2.24, 2.45) is 0 Å². The van der Waals surface area contributed by atoms with Crippen molar-refractivity contribution in [2.45, 2.75) is 50.7 Å². The lowest BCUT2D eigenvalue weighted by molar-refractivity contribution is 0.0325. The van der Waals surface area contributed by atoms with Gasteiger partial charge in [-0.2, -0.15) is 0 Å². The van der Waals surface area contributed by atoms with Gasteiger partial charge in [0.2, 0.25) is 0 Å². The molecule has 1 aliphatic heterocycles. The molecule has 1 saturated carbocycles. The van der Waals surface area contributed by atoms with E-state index in [0.717, 1.165) is 67.8 Å². The van der Waals surface area contributed by atoms with Crippen molar-refractivity contribution < 1.29 is 9.26 Å². The van der Waals surface area contributed by atoms with E-state index in [-0.39, 0.29) is 18.5 Å². The standard InChI is InChI=1S/C19H22Cl2N2O2.ClH/c20-15-4-1-5-16(21)17(15)18-14(19(25-23-18)12-6-7-12)11-24-13-3-2-9-22-10-8-13;/h1,4-5,12-13,22H,2-3,6-11H2;1H. The molecule has 2 aromatic rings. The quantitative estimate of drug-likeness (QED) is 0.687. The molecule has 1 aromatic carbocycles. The molecule has 4 rings (SSSR count). The van der Waals surface area contributed by atoms with E-state index in [1.165, 1.54) is 0 Å².